The van der Waals surface area contributed by atoms with Crippen molar-refractivity contribution in [2.45, 2.75) is 13.3 Å². The molecule has 2 unspecified atom stereocenters. The SMILES string of the molecule is CC1CCNC(=O)C1CNC(=O)CCl. The van der Waals surface area contributed by atoms with Crippen molar-refractivity contribution in [3.63, 3.8) is 0 Å². The summed E-state index contributed by atoms with van der Waals surface area (Å²) in [5.74, 6) is -0.0472. The van der Waals surface area contributed by atoms with Crippen LogP contribution in [0, 0.1) is 11.8 Å². The molecule has 14 heavy (non-hydrogen) atoms. The molecule has 1 saturated heterocycles. The van der Waals surface area contributed by atoms with Gasteiger partial charge in [-0.3, -0.25) is 9.59 Å². The Bertz CT molecular complexity index is 233. The van der Waals surface area contributed by atoms with Crippen molar-refractivity contribution in [1.82, 2.24) is 10.6 Å². The van der Waals surface area contributed by atoms with E-state index in [-0.39, 0.29) is 23.6 Å². The lowest BCUT2D eigenvalue weighted by Gasteiger charge is -2.28. The average Bonchev–Trinajstić information content (AvgIpc) is 2.16. The number of nitrogens with one attached hydrogen (secondary N) is 2. The van der Waals surface area contributed by atoms with Gasteiger partial charge in [0.2, 0.25) is 11.8 Å². The zero-order chi connectivity index (χ0) is 10.6. The molecule has 2 atom stereocenters. The molecule has 1 fully saturated rings. The minimum Gasteiger partial charge on any atom is -0.356 e. The molecule has 1 heterocycles. The first-order valence-corrected chi connectivity index (χ1v) is 5.29. The molecule has 1 rings (SSSR count). The number of carbonyl (C=O) groups excluding carboxylic acids is 2. The highest BCUT2D eigenvalue weighted by atomic mass is 35.5. The van der Waals surface area contributed by atoms with Crippen LogP contribution in [0.3, 0.4) is 0 Å². The second-order valence-electron chi connectivity index (χ2n) is 3.60. The van der Waals surface area contributed by atoms with E-state index < -0.39 is 0 Å². The average molecular weight is 219 g/mol. The fourth-order valence-electron chi connectivity index (χ4n) is 1.58. The van der Waals surface area contributed by atoms with Gasteiger partial charge in [0.1, 0.15) is 5.88 Å². The summed E-state index contributed by atoms with van der Waals surface area (Å²) in [5.41, 5.74) is 0. The Morgan fingerprint density at radius 1 is 1.71 bits per heavy atom. The molecule has 4 nitrogen and oxygen atoms in total. The van der Waals surface area contributed by atoms with Crippen molar-refractivity contribution in [3.8, 4) is 0 Å². The lowest BCUT2D eigenvalue weighted by atomic mass is 9.87. The third-order valence-electron chi connectivity index (χ3n) is 2.56. The molecular formula is C9H15ClN2O2. The van der Waals surface area contributed by atoms with E-state index in [4.69, 9.17) is 11.6 Å². The number of rotatable bonds is 3. The maximum atomic E-state index is 11.4. The van der Waals surface area contributed by atoms with Gasteiger partial charge < -0.3 is 10.6 Å². The highest BCUT2D eigenvalue weighted by Crippen LogP contribution is 2.18. The maximum absolute atomic E-state index is 11.4. The van der Waals surface area contributed by atoms with E-state index in [1.807, 2.05) is 6.92 Å². The maximum Gasteiger partial charge on any atom is 0.234 e. The summed E-state index contributed by atoms with van der Waals surface area (Å²) < 4.78 is 0. The van der Waals surface area contributed by atoms with Crippen LogP contribution in [0.5, 0.6) is 0 Å². The number of hydrogen-bond donors (Lipinski definition) is 2. The van der Waals surface area contributed by atoms with E-state index >= 15 is 0 Å². The first-order chi connectivity index (χ1) is 6.65. The molecule has 0 radical (unpaired) electrons. The number of hydrogen-bond acceptors (Lipinski definition) is 2. The van der Waals surface area contributed by atoms with Gasteiger partial charge in [0.25, 0.3) is 0 Å². The first kappa shape index (κ1) is 11.3. The van der Waals surface area contributed by atoms with Gasteiger partial charge in [0.05, 0.1) is 5.92 Å². The fraction of sp³-hybridized carbons (Fsp3) is 0.778. The van der Waals surface area contributed by atoms with E-state index in [1.165, 1.54) is 0 Å². The third-order valence-corrected chi connectivity index (χ3v) is 2.81. The number of alkyl halides is 1. The molecule has 0 spiro atoms. The molecule has 0 saturated carbocycles. The van der Waals surface area contributed by atoms with Crippen molar-refractivity contribution in [1.29, 1.82) is 0 Å². The van der Waals surface area contributed by atoms with E-state index in [0.717, 1.165) is 13.0 Å². The second kappa shape index (κ2) is 5.20. The van der Waals surface area contributed by atoms with Crippen molar-refractivity contribution in [3.05, 3.63) is 0 Å². The Balaban J connectivity index is 2.40. The molecule has 1 aliphatic rings. The largest absolute Gasteiger partial charge is 0.356 e. The highest BCUT2D eigenvalue weighted by molar-refractivity contribution is 6.27. The molecule has 0 aromatic rings. The topological polar surface area (TPSA) is 58.2 Å². The fourth-order valence-corrected chi connectivity index (χ4v) is 1.67. The molecule has 0 aliphatic carbocycles. The molecule has 2 amide bonds. The van der Waals surface area contributed by atoms with E-state index in [9.17, 15) is 9.59 Å². The minimum atomic E-state index is -0.225. The number of carbonyl (C=O) groups is 2. The van der Waals surface area contributed by atoms with Gasteiger partial charge in [-0.1, -0.05) is 6.92 Å². The van der Waals surface area contributed by atoms with Crippen molar-refractivity contribution in [2.75, 3.05) is 19.0 Å². The molecule has 0 bridgehead atoms. The van der Waals surface area contributed by atoms with E-state index in [1.54, 1.807) is 0 Å². The van der Waals surface area contributed by atoms with Crippen LogP contribution < -0.4 is 10.6 Å². The Labute approximate surface area is 88.4 Å². The lowest BCUT2D eigenvalue weighted by molar-refractivity contribution is -0.128. The zero-order valence-electron chi connectivity index (χ0n) is 8.18. The molecule has 1 aliphatic heterocycles. The monoisotopic (exact) mass is 218 g/mol. The Morgan fingerprint density at radius 2 is 2.43 bits per heavy atom. The molecule has 5 heteroatoms. The number of piperidine rings is 1. The zero-order valence-corrected chi connectivity index (χ0v) is 8.93. The van der Waals surface area contributed by atoms with Gasteiger partial charge in [0.15, 0.2) is 0 Å². The van der Waals surface area contributed by atoms with Gasteiger partial charge in [-0.15, -0.1) is 11.6 Å². The normalized spacial score (nSPS) is 26.9. The highest BCUT2D eigenvalue weighted by Gasteiger charge is 2.28. The van der Waals surface area contributed by atoms with Crippen molar-refractivity contribution >= 4 is 23.4 Å². The number of halogens is 1. The van der Waals surface area contributed by atoms with Gasteiger partial charge in [0, 0.05) is 13.1 Å². The molecule has 80 valence electrons. The van der Waals surface area contributed by atoms with Crippen molar-refractivity contribution < 1.29 is 9.59 Å². The summed E-state index contributed by atoms with van der Waals surface area (Å²) in [6.45, 7) is 3.15. The predicted molar refractivity (Wildman–Crippen MR) is 54.0 cm³/mol. The van der Waals surface area contributed by atoms with Crippen LogP contribution in [0.2, 0.25) is 0 Å². The molecule has 2 N–H and O–H groups in total. The van der Waals surface area contributed by atoms with Gasteiger partial charge >= 0.3 is 0 Å². The minimum absolute atomic E-state index is 0.0265. The summed E-state index contributed by atoms with van der Waals surface area (Å²) in [4.78, 5) is 22.3. The molecule has 0 aromatic carbocycles. The van der Waals surface area contributed by atoms with Gasteiger partial charge in [-0.25, -0.2) is 0 Å². The van der Waals surface area contributed by atoms with Crippen LogP contribution in [-0.2, 0) is 9.59 Å². The van der Waals surface area contributed by atoms with Crippen LogP contribution in [-0.4, -0.2) is 30.8 Å². The number of amides is 2. The summed E-state index contributed by atoms with van der Waals surface area (Å²) in [6, 6.07) is 0. The van der Waals surface area contributed by atoms with Crippen LogP contribution in [0.1, 0.15) is 13.3 Å². The van der Waals surface area contributed by atoms with E-state index in [0.29, 0.717) is 12.5 Å². The predicted octanol–water partition coefficient (Wildman–Crippen LogP) is 0.114. The first-order valence-electron chi connectivity index (χ1n) is 4.75. The quantitative estimate of drug-likeness (QED) is 0.661. The van der Waals surface area contributed by atoms with Crippen LogP contribution in [0.25, 0.3) is 0 Å². The van der Waals surface area contributed by atoms with Gasteiger partial charge in [-0.05, 0) is 12.3 Å². The Morgan fingerprint density at radius 3 is 3.00 bits per heavy atom. The van der Waals surface area contributed by atoms with Crippen LogP contribution >= 0.6 is 11.6 Å². The summed E-state index contributed by atoms with van der Waals surface area (Å²) >= 11 is 5.33. The Hall–Kier alpha value is -0.770. The smallest absolute Gasteiger partial charge is 0.234 e. The third kappa shape index (κ3) is 2.87. The standard InChI is InChI=1S/C9H15ClN2O2/c1-6-2-3-11-9(14)7(6)5-12-8(13)4-10/h6-7H,2-5H2,1H3,(H,11,14)(H,12,13). The molecular weight excluding hydrogens is 204 g/mol. The van der Waals surface area contributed by atoms with Crippen LogP contribution in [0.4, 0.5) is 0 Å². The van der Waals surface area contributed by atoms with Crippen LogP contribution in [0.15, 0.2) is 0 Å². The summed E-state index contributed by atoms with van der Waals surface area (Å²) in [7, 11) is 0. The summed E-state index contributed by atoms with van der Waals surface area (Å²) in [6.07, 6.45) is 0.965. The summed E-state index contributed by atoms with van der Waals surface area (Å²) in [5, 5.41) is 5.41. The van der Waals surface area contributed by atoms with E-state index in [2.05, 4.69) is 10.6 Å². The van der Waals surface area contributed by atoms with Crippen molar-refractivity contribution in [2.24, 2.45) is 11.8 Å². The van der Waals surface area contributed by atoms with Gasteiger partial charge in [-0.2, -0.15) is 0 Å². The second-order valence-corrected chi connectivity index (χ2v) is 3.87. The molecule has 0 aromatic heterocycles. The lowest BCUT2D eigenvalue weighted by Crippen LogP contribution is -2.46. The Kier molecular flexibility index (Phi) is 4.20.